The summed E-state index contributed by atoms with van der Waals surface area (Å²) in [4.78, 5) is 0.194. The molecule has 0 aliphatic rings. The van der Waals surface area contributed by atoms with Gasteiger partial charge >= 0.3 is 0 Å². The molecule has 0 N–H and O–H groups in total. The van der Waals surface area contributed by atoms with Crippen LogP contribution in [0.5, 0.6) is 5.75 Å². The smallest absolute Gasteiger partial charge is 0.268 e. The maximum atomic E-state index is 13.1. The highest BCUT2D eigenvalue weighted by atomic mass is 32.2. The summed E-state index contributed by atoms with van der Waals surface area (Å²) in [7, 11) is -2.20. The molecule has 0 fully saturated rings. The monoisotopic (exact) mass is 353 g/mol. The van der Waals surface area contributed by atoms with Crippen LogP contribution < -0.4 is 4.74 Å². The van der Waals surface area contributed by atoms with E-state index in [1.807, 2.05) is 24.3 Å². The van der Waals surface area contributed by atoms with Crippen molar-refractivity contribution in [3.8, 4) is 17.1 Å². The number of aromatic nitrogens is 1. The van der Waals surface area contributed by atoms with Gasteiger partial charge in [-0.1, -0.05) is 12.1 Å². The molecule has 5 nitrogen and oxygen atoms in total. The van der Waals surface area contributed by atoms with Crippen molar-refractivity contribution in [2.45, 2.75) is 4.90 Å². The number of hydrogen-bond donors (Lipinski definition) is 0. The average molecular weight is 353 g/mol. The third kappa shape index (κ3) is 2.51. The highest BCUT2D eigenvalue weighted by Crippen LogP contribution is 2.32. The molecule has 2 aromatic heterocycles. The largest absolute Gasteiger partial charge is 0.497 e. The summed E-state index contributed by atoms with van der Waals surface area (Å²) in [6, 6.07) is 17.3. The van der Waals surface area contributed by atoms with E-state index in [9.17, 15) is 8.42 Å². The molecule has 0 saturated heterocycles. The molecule has 2 aromatic carbocycles. The number of fused-ring (bicyclic) bond motifs is 1. The Balaban J connectivity index is 1.94. The summed E-state index contributed by atoms with van der Waals surface area (Å²) < 4.78 is 38.1. The second-order valence-corrected chi connectivity index (χ2v) is 7.33. The highest BCUT2D eigenvalue weighted by Gasteiger charge is 2.21. The van der Waals surface area contributed by atoms with Crippen LogP contribution in [-0.2, 0) is 10.0 Å². The zero-order valence-corrected chi connectivity index (χ0v) is 14.2. The Morgan fingerprint density at radius 2 is 1.76 bits per heavy atom. The normalized spacial score (nSPS) is 11.7. The number of methoxy groups -OCH3 is 1. The first-order valence-corrected chi connectivity index (χ1v) is 9.09. The summed E-state index contributed by atoms with van der Waals surface area (Å²) in [6.45, 7) is 0. The predicted molar refractivity (Wildman–Crippen MR) is 95.2 cm³/mol. The van der Waals surface area contributed by atoms with E-state index in [1.54, 1.807) is 43.8 Å². The van der Waals surface area contributed by atoms with Crippen LogP contribution in [0.3, 0.4) is 0 Å². The zero-order chi connectivity index (χ0) is 17.4. The Hall–Kier alpha value is -2.99. The lowest BCUT2D eigenvalue weighted by Gasteiger charge is -2.10. The minimum Gasteiger partial charge on any atom is -0.497 e. The molecular formula is C19H15NO4S. The van der Waals surface area contributed by atoms with Crippen LogP contribution in [0.2, 0.25) is 0 Å². The van der Waals surface area contributed by atoms with E-state index in [0.29, 0.717) is 17.0 Å². The van der Waals surface area contributed by atoms with E-state index in [4.69, 9.17) is 9.15 Å². The van der Waals surface area contributed by atoms with Gasteiger partial charge in [0.2, 0.25) is 0 Å². The van der Waals surface area contributed by atoms with Crippen LogP contribution in [0.4, 0.5) is 0 Å². The lowest BCUT2D eigenvalue weighted by atomic mass is 10.1. The first-order valence-electron chi connectivity index (χ1n) is 7.65. The molecule has 126 valence electrons. The van der Waals surface area contributed by atoms with Gasteiger partial charge in [0.25, 0.3) is 10.0 Å². The molecule has 0 atom stereocenters. The third-order valence-corrected chi connectivity index (χ3v) is 5.77. The van der Waals surface area contributed by atoms with E-state index in [2.05, 4.69) is 0 Å². The Morgan fingerprint density at radius 3 is 2.44 bits per heavy atom. The predicted octanol–water partition coefficient (Wildman–Crippen LogP) is 4.15. The van der Waals surface area contributed by atoms with E-state index in [1.165, 1.54) is 16.1 Å². The fraction of sp³-hybridized carbons (Fsp3) is 0.0526. The average Bonchev–Trinajstić information content (AvgIpc) is 3.31. The van der Waals surface area contributed by atoms with E-state index in [-0.39, 0.29) is 4.90 Å². The lowest BCUT2D eigenvalue weighted by Crippen LogP contribution is -2.12. The van der Waals surface area contributed by atoms with Crippen LogP contribution in [0.1, 0.15) is 0 Å². The Kier molecular flexibility index (Phi) is 3.62. The minimum absolute atomic E-state index is 0.194. The van der Waals surface area contributed by atoms with Gasteiger partial charge in [0.05, 0.1) is 23.8 Å². The van der Waals surface area contributed by atoms with E-state index >= 15 is 0 Å². The molecule has 0 bridgehead atoms. The van der Waals surface area contributed by atoms with Crippen molar-refractivity contribution >= 4 is 20.9 Å². The summed E-state index contributed by atoms with van der Waals surface area (Å²) in [5.41, 5.74) is 1.32. The number of rotatable bonds is 4. The van der Waals surface area contributed by atoms with Crippen LogP contribution in [0.25, 0.3) is 22.2 Å². The van der Waals surface area contributed by atoms with Gasteiger partial charge in [0, 0.05) is 17.1 Å². The standard InChI is InChI=1S/C19H15NO4S/c1-23-15-7-9-16(10-8-15)25(21,22)20-12-11-14-4-2-5-17(19(14)20)18-6-3-13-24-18/h2-13H,1H3. The van der Waals surface area contributed by atoms with Gasteiger partial charge in [0.1, 0.15) is 11.5 Å². The van der Waals surface area contributed by atoms with Crippen molar-refractivity contribution in [3.05, 3.63) is 73.1 Å². The molecule has 0 spiro atoms. The molecule has 4 aromatic rings. The SMILES string of the molecule is COc1ccc(S(=O)(=O)n2ccc3cccc(-c4ccco4)c32)cc1. The topological polar surface area (TPSA) is 61.4 Å². The van der Waals surface area contributed by atoms with Gasteiger partial charge in [-0.2, -0.15) is 0 Å². The number of nitrogens with zero attached hydrogens (tertiary/aromatic N) is 1. The molecule has 0 aliphatic heterocycles. The molecule has 0 aliphatic carbocycles. The van der Waals surface area contributed by atoms with Crippen molar-refractivity contribution in [2.24, 2.45) is 0 Å². The molecular weight excluding hydrogens is 338 g/mol. The van der Waals surface area contributed by atoms with Crippen LogP contribution in [-0.4, -0.2) is 19.5 Å². The van der Waals surface area contributed by atoms with Crippen LogP contribution in [0.15, 0.2) is 82.4 Å². The lowest BCUT2D eigenvalue weighted by molar-refractivity contribution is 0.414. The fourth-order valence-electron chi connectivity index (χ4n) is 2.86. The first-order chi connectivity index (χ1) is 12.1. The summed E-state index contributed by atoms with van der Waals surface area (Å²) in [5, 5.41) is 0.825. The van der Waals surface area contributed by atoms with Crippen molar-refractivity contribution in [3.63, 3.8) is 0 Å². The van der Waals surface area contributed by atoms with Gasteiger partial charge < -0.3 is 9.15 Å². The maximum absolute atomic E-state index is 13.1. The molecule has 4 rings (SSSR count). The number of hydrogen-bond acceptors (Lipinski definition) is 4. The second kappa shape index (κ2) is 5.82. The molecule has 0 radical (unpaired) electrons. The van der Waals surface area contributed by atoms with Gasteiger partial charge in [-0.3, -0.25) is 0 Å². The number of ether oxygens (including phenoxy) is 1. The summed E-state index contributed by atoms with van der Waals surface area (Å²) in [5.74, 6) is 1.23. The second-order valence-electron chi connectivity index (χ2n) is 5.51. The fourth-order valence-corrected chi connectivity index (χ4v) is 4.23. The maximum Gasteiger partial charge on any atom is 0.268 e. The van der Waals surface area contributed by atoms with Crippen LogP contribution in [0, 0.1) is 0 Å². The molecule has 0 amide bonds. The van der Waals surface area contributed by atoms with Crippen molar-refractivity contribution < 1.29 is 17.6 Å². The Morgan fingerprint density at radius 1 is 0.960 bits per heavy atom. The van der Waals surface area contributed by atoms with Crippen LogP contribution >= 0.6 is 0 Å². The quantitative estimate of drug-likeness (QED) is 0.553. The molecule has 25 heavy (non-hydrogen) atoms. The van der Waals surface area contributed by atoms with Gasteiger partial charge in [-0.15, -0.1) is 0 Å². The molecule has 0 unspecified atom stereocenters. The van der Waals surface area contributed by atoms with Crippen molar-refractivity contribution in [1.82, 2.24) is 3.97 Å². The van der Waals surface area contributed by atoms with Crippen molar-refractivity contribution in [2.75, 3.05) is 7.11 Å². The van der Waals surface area contributed by atoms with Gasteiger partial charge in [0.15, 0.2) is 0 Å². The number of para-hydroxylation sites is 1. The van der Waals surface area contributed by atoms with Gasteiger partial charge in [-0.05, 0) is 48.5 Å². The van der Waals surface area contributed by atoms with Gasteiger partial charge in [-0.25, -0.2) is 12.4 Å². The molecule has 0 saturated carbocycles. The number of benzene rings is 2. The minimum atomic E-state index is -3.74. The first kappa shape index (κ1) is 15.5. The Labute approximate surface area is 145 Å². The zero-order valence-electron chi connectivity index (χ0n) is 13.4. The van der Waals surface area contributed by atoms with Crippen molar-refractivity contribution in [1.29, 1.82) is 0 Å². The molecule has 2 heterocycles. The molecule has 6 heteroatoms. The van der Waals surface area contributed by atoms with E-state index < -0.39 is 10.0 Å². The summed E-state index contributed by atoms with van der Waals surface area (Å²) >= 11 is 0. The summed E-state index contributed by atoms with van der Waals surface area (Å²) in [6.07, 6.45) is 3.14. The Bertz CT molecular complexity index is 1120. The van der Waals surface area contributed by atoms with E-state index in [0.717, 1.165) is 10.9 Å². The number of furan rings is 1. The third-order valence-electron chi connectivity index (χ3n) is 4.08. The highest BCUT2D eigenvalue weighted by molar-refractivity contribution is 7.90.